The van der Waals surface area contributed by atoms with Crippen molar-refractivity contribution in [2.75, 3.05) is 4.90 Å². The fraction of sp³-hybridized carbons (Fsp3) is 0.357. The van der Waals surface area contributed by atoms with Crippen LogP contribution in [0, 0.1) is 35.5 Å². The summed E-state index contributed by atoms with van der Waals surface area (Å²) in [5.74, 6) is 5.71. The van der Waals surface area contributed by atoms with Gasteiger partial charge in [0.15, 0.2) is 0 Å². The van der Waals surface area contributed by atoms with E-state index < -0.39 is 0 Å². The van der Waals surface area contributed by atoms with Crippen LogP contribution in [0.25, 0.3) is 53.1 Å². The maximum Gasteiger partial charge on any atom is 0.333 e. The van der Waals surface area contributed by atoms with Gasteiger partial charge in [-0.2, -0.15) is 0 Å². The topological polar surface area (TPSA) is 8.17 Å². The van der Waals surface area contributed by atoms with Crippen LogP contribution in [0.2, 0.25) is 0 Å². The van der Waals surface area contributed by atoms with Crippen LogP contribution in [0.15, 0.2) is 113 Å². The molecule has 296 valence electrons. The van der Waals surface area contributed by atoms with Crippen LogP contribution in [0.1, 0.15) is 88.2 Å². The standard InChI is InChI=1S/C56H47BN2S2/c1-3-9-47-38(6-1)43-25-40-42-24-37(56-17-15-33-19-31(27-56)21-35(33)29-56)23-41-39-22-36(55-16-14-32-18-30(26-55)20-34(32)28-55)12-13-45(39)59(51(41)42)57-44-7-5-11-49-52(44)58(53(50(40)57)54(43)61-47)46-8-2-4-10-48(46)60-49/h1-13,22-25,30-35H,14-21,26-29H2. The summed E-state index contributed by atoms with van der Waals surface area (Å²) in [5, 5.41) is 5.89. The summed E-state index contributed by atoms with van der Waals surface area (Å²) < 4.78 is 5.71. The molecule has 3 aliphatic heterocycles. The highest BCUT2D eigenvalue weighted by molar-refractivity contribution is 7.99. The fourth-order valence-corrected chi connectivity index (χ4v) is 19.5. The first-order valence-electron chi connectivity index (χ1n) is 23.9. The Balaban J connectivity index is 1.02. The third-order valence-electron chi connectivity index (χ3n) is 19.3. The van der Waals surface area contributed by atoms with Crippen LogP contribution in [0.4, 0.5) is 17.1 Å². The van der Waals surface area contributed by atoms with Crippen LogP contribution in [-0.4, -0.2) is 11.3 Å². The number of hydrogen-bond donors (Lipinski definition) is 0. The number of thiophene rings is 1. The number of anilines is 3. The second-order valence-corrected chi connectivity index (χ2v) is 24.0. The molecule has 61 heavy (non-hydrogen) atoms. The lowest BCUT2D eigenvalue weighted by Crippen LogP contribution is -2.57. The zero-order chi connectivity index (χ0) is 39.1. The lowest BCUT2D eigenvalue weighted by atomic mass is 9.45. The maximum absolute atomic E-state index is 2.88. The van der Waals surface area contributed by atoms with Crippen LogP contribution in [0.3, 0.4) is 0 Å². The molecule has 2 nitrogen and oxygen atoms in total. The van der Waals surface area contributed by atoms with E-state index in [2.05, 4.69) is 113 Å². The van der Waals surface area contributed by atoms with Gasteiger partial charge in [-0.1, -0.05) is 60.3 Å². The van der Waals surface area contributed by atoms with Crippen LogP contribution in [-0.2, 0) is 10.8 Å². The molecule has 9 aliphatic rings. The molecule has 5 heteroatoms. The van der Waals surface area contributed by atoms with E-state index in [0.29, 0.717) is 10.8 Å². The Bertz CT molecular complexity index is 3350. The van der Waals surface area contributed by atoms with Crippen molar-refractivity contribution in [1.29, 1.82) is 0 Å². The van der Waals surface area contributed by atoms with Gasteiger partial charge in [-0.3, -0.25) is 0 Å². The number of rotatable bonds is 2. The Labute approximate surface area is 365 Å². The van der Waals surface area contributed by atoms with E-state index in [4.69, 9.17) is 0 Å². The first kappa shape index (κ1) is 33.2. The van der Waals surface area contributed by atoms with E-state index in [0.717, 1.165) is 35.5 Å². The third kappa shape index (κ3) is 3.96. The smallest absolute Gasteiger partial charge is 0.333 e. The summed E-state index contributed by atoms with van der Waals surface area (Å²) in [6, 6.07) is 42.0. The quantitative estimate of drug-likeness (QED) is 0.161. The molecule has 6 saturated carbocycles. The Hall–Kier alpha value is -4.45. The van der Waals surface area contributed by atoms with Gasteiger partial charge in [0.1, 0.15) is 0 Å². The van der Waals surface area contributed by atoms with E-state index in [9.17, 15) is 0 Å². The van der Waals surface area contributed by atoms with Crippen molar-refractivity contribution >= 4 is 99.9 Å². The number of benzene rings is 6. The lowest BCUT2D eigenvalue weighted by Gasteiger charge is -2.46. The minimum absolute atomic E-state index is 0.0964. The van der Waals surface area contributed by atoms with Crippen molar-refractivity contribution in [1.82, 2.24) is 4.48 Å². The molecule has 0 radical (unpaired) electrons. The molecule has 0 amide bonds. The highest BCUT2D eigenvalue weighted by atomic mass is 32.2. The van der Waals surface area contributed by atoms with Gasteiger partial charge in [0, 0.05) is 52.6 Å². The van der Waals surface area contributed by atoms with Crippen molar-refractivity contribution in [3.05, 3.63) is 114 Å². The largest absolute Gasteiger partial charge is 0.375 e. The van der Waals surface area contributed by atoms with E-state index >= 15 is 0 Å². The highest BCUT2D eigenvalue weighted by Gasteiger charge is 2.55. The number of aromatic nitrogens is 1. The van der Waals surface area contributed by atoms with Crippen LogP contribution in [0.5, 0.6) is 0 Å². The first-order chi connectivity index (χ1) is 30.1. The number of nitrogens with zero attached hydrogens (tertiary/aromatic N) is 2. The Morgan fingerprint density at radius 1 is 0.574 bits per heavy atom. The predicted octanol–water partition coefficient (Wildman–Crippen LogP) is 14.0. The molecule has 6 fully saturated rings. The van der Waals surface area contributed by atoms with Gasteiger partial charge in [0.05, 0.1) is 21.8 Å². The SMILES string of the molecule is c1ccc2c(c1)Sc1cccc3c1N2c1c2c(cc4c1sc1ccccc14)-c1cc(C45CCC6CC(CC6C4)C5)cc4c5cc(C67CCC8CC(CC8C6)C7)ccc5n(c14)B32. The summed E-state index contributed by atoms with van der Waals surface area (Å²) >= 11 is 3.98. The van der Waals surface area contributed by atoms with Crippen molar-refractivity contribution in [3.8, 4) is 11.1 Å². The van der Waals surface area contributed by atoms with E-state index in [1.165, 1.54) is 168 Å². The van der Waals surface area contributed by atoms with Crippen molar-refractivity contribution in [2.24, 2.45) is 35.5 Å². The fourth-order valence-electron chi connectivity index (χ4n) is 17.2. The van der Waals surface area contributed by atoms with Crippen LogP contribution < -0.4 is 15.8 Å². The summed E-state index contributed by atoms with van der Waals surface area (Å²) in [7, 11) is 0. The normalized spacial score (nSPS) is 31.5. The van der Waals surface area contributed by atoms with Crippen molar-refractivity contribution < 1.29 is 0 Å². The Morgan fingerprint density at radius 2 is 1.31 bits per heavy atom. The van der Waals surface area contributed by atoms with Gasteiger partial charge in [0.2, 0.25) is 0 Å². The molecule has 17 rings (SSSR count). The van der Waals surface area contributed by atoms with E-state index in [1.54, 1.807) is 11.1 Å². The van der Waals surface area contributed by atoms with Gasteiger partial charge < -0.3 is 9.38 Å². The van der Waals surface area contributed by atoms with Gasteiger partial charge >= 0.3 is 6.85 Å². The Kier molecular flexibility index (Phi) is 5.98. The summed E-state index contributed by atoms with van der Waals surface area (Å²) in [6.07, 6.45) is 17.3. The Morgan fingerprint density at radius 3 is 2.16 bits per heavy atom. The molecular formula is C56H47BN2S2. The van der Waals surface area contributed by atoms with Gasteiger partial charge in [0.25, 0.3) is 0 Å². The molecular weight excluding hydrogens is 776 g/mol. The van der Waals surface area contributed by atoms with Crippen molar-refractivity contribution in [3.63, 3.8) is 0 Å². The average Bonchev–Trinajstić information content (AvgIpc) is 3.95. The molecule has 6 bridgehead atoms. The van der Waals surface area contributed by atoms with Gasteiger partial charge in [-0.25, -0.2) is 0 Å². The maximum atomic E-state index is 2.88. The number of para-hydroxylation sites is 2. The van der Waals surface area contributed by atoms with E-state index in [1.807, 2.05) is 23.1 Å². The molecule has 2 aromatic heterocycles. The minimum atomic E-state index is 0.0964. The second kappa shape index (κ2) is 11.0. The molecule has 6 aromatic carbocycles. The zero-order valence-corrected chi connectivity index (χ0v) is 36.2. The number of hydrogen-bond acceptors (Lipinski definition) is 3. The summed E-state index contributed by atoms with van der Waals surface area (Å²) in [5.41, 5.74) is 17.0. The number of fused-ring (bicyclic) bond motifs is 17. The molecule has 6 aliphatic carbocycles. The highest BCUT2D eigenvalue weighted by Crippen LogP contribution is 2.64. The van der Waals surface area contributed by atoms with E-state index in [-0.39, 0.29) is 6.85 Å². The van der Waals surface area contributed by atoms with Gasteiger partial charge in [-0.15, -0.1) is 11.3 Å². The third-order valence-corrected chi connectivity index (χ3v) is 21.6. The minimum Gasteiger partial charge on any atom is -0.375 e. The molecule has 8 aromatic rings. The first-order valence-corrected chi connectivity index (χ1v) is 25.5. The zero-order valence-electron chi connectivity index (χ0n) is 34.6. The summed E-state index contributed by atoms with van der Waals surface area (Å²) in [4.78, 5) is 5.45. The molecule has 0 spiro atoms. The second-order valence-electron chi connectivity index (χ2n) is 21.9. The average molecular weight is 823 g/mol. The summed E-state index contributed by atoms with van der Waals surface area (Å²) in [6.45, 7) is 0.0964. The molecule has 8 atom stereocenters. The molecule has 0 saturated heterocycles. The molecule has 0 N–H and O–H groups in total. The van der Waals surface area contributed by atoms with Crippen molar-refractivity contribution in [2.45, 2.75) is 97.7 Å². The van der Waals surface area contributed by atoms with Gasteiger partial charge in [-0.05, 0) is 206 Å². The van der Waals surface area contributed by atoms with Crippen LogP contribution >= 0.6 is 23.1 Å². The lowest BCUT2D eigenvalue weighted by molar-refractivity contribution is 0.139. The monoisotopic (exact) mass is 822 g/mol. The molecule has 5 heterocycles. The predicted molar refractivity (Wildman–Crippen MR) is 257 cm³/mol. The molecule has 8 unspecified atom stereocenters.